The van der Waals surface area contributed by atoms with Crippen LogP contribution in [0.4, 0.5) is 4.79 Å². The number of rotatable bonds is 2. The van der Waals surface area contributed by atoms with Gasteiger partial charge in [0, 0.05) is 6.42 Å². The maximum atomic E-state index is 12.8. The average Bonchev–Trinajstić information content (AvgIpc) is 2.63. The molecule has 3 atom stereocenters. The minimum absolute atomic E-state index is 0.115. The molecule has 7 heteroatoms. The normalized spacial score (nSPS) is 24.9. The summed E-state index contributed by atoms with van der Waals surface area (Å²) in [7, 11) is 0. The summed E-state index contributed by atoms with van der Waals surface area (Å²) >= 11 is 0. The zero-order valence-electron chi connectivity index (χ0n) is 17.4. The number of carbonyl (C=O) groups is 3. The molecule has 2 amide bonds. The molecule has 0 radical (unpaired) electrons. The lowest BCUT2D eigenvalue weighted by Crippen LogP contribution is -2.46. The number of allylic oxidation sites excluding steroid dienone is 1. The Morgan fingerprint density at radius 2 is 1.86 bits per heavy atom. The largest absolute Gasteiger partial charge is 0.459 e. The Morgan fingerprint density at radius 1 is 1.17 bits per heavy atom. The monoisotopic (exact) mass is 402 g/mol. The second-order valence-electron chi connectivity index (χ2n) is 8.04. The van der Waals surface area contributed by atoms with Crippen LogP contribution in [0.15, 0.2) is 42.5 Å². The number of carbonyl (C=O) groups excluding carboxylic acids is 3. The van der Waals surface area contributed by atoms with Gasteiger partial charge in [-0.05, 0) is 46.1 Å². The summed E-state index contributed by atoms with van der Waals surface area (Å²) in [6.07, 6.45) is 3.39. The van der Waals surface area contributed by atoms with Gasteiger partial charge < -0.3 is 20.1 Å². The van der Waals surface area contributed by atoms with E-state index in [0.29, 0.717) is 12.8 Å². The molecule has 2 N–H and O–H groups in total. The van der Waals surface area contributed by atoms with Crippen LogP contribution in [0.3, 0.4) is 0 Å². The van der Waals surface area contributed by atoms with Gasteiger partial charge in [0.25, 0.3) is 0 Å². The Balaban J connectivity index is 2.20. The molecule has 1 heterocycles. The van der Waals surface area contributed by atoms with Crippen molar-refractivity contribution in [2.75, 3.05) is 0 Å². The van der Waals surface area contributed by atoms with E-state index in [1.807, 2.05) is 36.4 Å². The Hall–Kier alpha value is -2.83. The van der Waals surface area contributed by atoms with Crippen molar-refractivity contribution in [3.63, 3.8) is 0 Å². The van der Waals surface area contributed by atoms with Gasteiger partial charge in [-0.3, -0.25) is 4.79 Å². The van der Waals surface area contributed by atoms with Gasteiger partial charge in [0.05, 0.1) is 6.04 Å². The summed E-state index contributed by atoms with van der Waals surface area (Å²) < 4.78 is 10.9. The second-order valence-corrected chi connectivity index (χ2v) is 8.04. The standard InChI is InChI=1S/C22H30N2O5/c1-15-19(16-11-7-5-8-12-16)24-18(25)14-10-6-9-13-17(20(26)28-15)23-21(27)29-22(2,3)4/h5-9,11-12,15,17,19H,10,13-14H2,1-4H3,(H,23,27)(H,24,25)/b9-6+/t15-,17-,19+/m1/s1. The molecule has 158 valence electrons. The summed E-state index contributed by atoms with van der Waals surface area (Å²) in [5.41, 5.74) is 0.163. The minimum Gasteiger partial charge on any atom is -0.459 e. The average molecular weight is 402 g/mol. The first-order valence-corrected chi connectivity index (χ1v) is 9.85. The number of nitrogens with one attached hydrogen (secondary N) is 2. The van der Waals surface area contributed by atoms with Gasteiger partial charge in [-0.2, -0.15) is 0 Å². The smallest absolute Gasteiger partial charge is 0.408 e. The van der Waals surface area contributed by atoms with E-state index in [2.05, 4.69) is 10.6 Å². The maximum Gasteiger partial charge on any atom is 0.408 e. The van der Waals surface area contributed by atoms with Gasteiger partial charge in [-0.1, -0.05) is 42.5 Å². The van der Waals surface area contributed by atoms with E-state index >= 15 is 0 Å². The Morgan fingerprint density at radius 3 is 2.52 bits per heavy atom. The molecule has 1 aliphatic heterocycles. The third-order valence-corrected chi connectivity index (χ3v) is 4.30. The molecule has 2 rings (SSSR count). The number of hydrogen-bond donors (Lipinski definition) is 2. The molecule has 0 unspecified atom stereocenters. The van der Waals surface area contributed by atoms with Crippen LogP contribution in [0.25, 0.3) is 0 Å². The number of ether oxygens (including phenoxy) is 2. The maximum absolute atomic E-state index is 12.8. The molecular formula is C22H30N2O5. The van der Waals surface area contributed by atoms with Crippen LogP contribution in [0.1, 0.15) is 58.6 Å². The molecule has 0 aliphatic carbocycles. The third-order valence-electron chi connectivity index (χ3n) is 4.30. The molecule has 0 aromatic heterocycles. The van der Waals surface area contributed by atoms with E-state index < -0.39 is 35.9 Å². The van der Waals surface area contributed by atoms with Gasteiger partial charge in [0.1, 0.15) is 17.7 Å². The van der Waals surface area contributed by atoms with Crippen LogP contribution < -0.4 is 10.6 Å². The number of benzene rings is 1. The Kier molecular flexibility index (Phi) is 7.82. The lowest BCUT2D eigenvalue weighted by atomic mass is 10.0. The fourth-order valence-corrected chi connectivity index (χ4v) is 2.94. The number of cyclic esters (lactones) is 1. The molecule has 0 bridgehead atoms. The highest BCUT2D eigenvalue weighted by Gasteiger charge is 2.30. The number of amides is 2. The summed E-state index contributed by atoms with van der Waals surface area (Å²) in [5.74, 6) is -0.695. The minimum atomic E-state index is -0.880. The lowest BCUT2D eigenvalue weighted by molar-refractivity contribution is -0.153. The van der Waals surface area contributed by atoms with Crippen molar-refractivity contribution < 1.29 is 23.9 Å². The van der Waals surface area contributed by atoms with Crippen molar-refractivity contribution in [3.8, 4) is 0 Å². The number of esters is 1. The topological polar surface area (TPSA) is 93.7 Å². The van der Waals surface area contributed by atoms with Crippen molar-refractivity contribution in [2.45, 2.75) is 70.7 Å². The van der Waals surface area contributed by atoms with E-state index in [-0.39, 0.29) is 12.3 Å². The third kappa shape index (κ3) is 7.60. The highest BCUT2D eigenvalue weighted by Crippen LogP contribution is 2.21. The fraction of sp³-hybridized carbons (Fsp3) is 0.500. The predicted molar refractivity (Wildman–Crippen MR) is 109 cm³/mol. The molecule has 0 saturated carbocycles. The van der Waals surface area contributed by atoms with Crippen LogP contribution in [-0.4, -0.2) is 35.7 Å². The summed E-state index contributed by atoms with van der Waals surface area (Å²) in [6, 6.07) is 7.98. The highest BCUT2D eigenvalue weighted by molar-refractivity contribution is 5.82. The molecule has 1 aromatic carbocycles. The van der Waals surface area contributed by atoms with E-state index in [9.17, 15) is 14.4 Å². The van der Waals surface area contributed by atoms with Gasteiger partial charge in [0.15, 0.2) is 0 Å². The zero-order valence-corrected chi connectivity index (χ0v) is 17.4. The van der Waals surface area contributed by atoms with E-state index in [0.717, 1.165) is 5.56 Å². The number of hydrogen-bond acceptors (Lipinski definition) is 5. The van der Waals surface area contributed by atoms with Gasteiger partial charge in [0.2, 0.25) is 5.91 Å². The molecule has 0 saturated heterocycles. The second kappa shape index (κ2) is 10.1. The van der Waals surface area contributed by atoms with Crippen molar-refractivity contribution in [3.05, 3.63) is 48.0 Å². The quantitative estimate of drug-likeness (QED) is 0.584. The summed E-state index contributed by atoms with van der Waals surface area (Å²) in [6.45, 7) is 6.98. The Labute approximate surface area is 171 Å². The van der Waals surface area contributed by atoms with E-state index in [1.54, 1.807) is 33.8 Å². The van der Waals surface area contributed by atoms with Crippen LogP contribution in [0, 0.1) is 0 Å². The van der Waals surface area contributed by atoms with E-state index in [4.69, 9.17) is 9.47 Å². The molecule has 29 heavy (non-hydrogen) atoms. The highest BCUT2D eigenvalue weighted by atomic mass is 16.6. The summed E-state index contributed by atoms with van der Waals surface area (Å²) in [5, 5.41) is 5.53. The molecule has 1 aromatic rings. The van der Waals surface area contributed by atoms with Gasteiger partial charge >= 0.3 is 12.1 Å². The van der Waals surface area contributed by atoms with Crippen LogP contribution in [0.2, 0.25) is 0 Å². The Bertz CT molecular complexity index is 739. The molecule has 0 fully saturated rings. The van der Waals surface area contributed by atoms with Crippen LogP contribution in [0.5, 0.6) is 0 Å². The first-order chi connectivity index (χ1) is 13.7. The summed E-state index contributed by atoms with van der Waals surface area (Å²) in [4.78, 5) is 37.2. The van der Waals surface area contributed by atoms with Gasteiger partial charge in [-0.25, -0.2) is 9.59 Å². The first-order valence-electron chi connectivity index (χ1n) is 9.85. The van der Waals surface area contributed by atoms with Crippen molar-refractivity contribution in [1.29, 1.82) is 0 Å². The molecule has 1 aliphatic rings. The zero-order chi connectivity index (χ0) is 21.4. The molecule has 7 nitrogen and oxygen atoms in total. The van der Waals surface area contributed by atoms with Gasteiger partial charge in [-0.15, -0.1) is 0 Å². The fourth-order valence-electron chi connectivity index (χ4n) is 2.94. The van der Waals surface area contributed by atoms with Crippen molar-refractivity contribution >= 4 is 18.0 Å². The van der Waals surface area contributed by atoms with E-state index in [1.165, 1.54) is 0 Å². The molecular weight excluding hydrogens is 372 g/mol. The first kappa shape index (κ1) is 22.5. The van der Waals surface area contributed by atoms with Crippen molar-refractivity contribution in [2.24, 2.45) is 0 Å². The predicted octanol–water partition coefficient (Wildman–Crippen LogP) is 3.41. The van der Waals surface area contributed by atoms with Crippen LogP contribution >= 0.6 is 0 Å². The van der Waals surface area contributed by atoms with Crippen molar-refractivity contribution in [1.82, 2.24) is 10.6 Å². The SMILES string of the molecule is C[C@H]1OC(=O)[C@H](NC(=O)OC(C)(C)C)C/C=C/CCC(=O)N[C@@H]1c1ccccc1. The van der Waals surface area contributed by atoms with Crippen LogP contribution in [-0.2, 0) is 19.1 Å². The number of alkyl carbamates (subject to hydrolysis) is 1. The molecule has 0 spiro atoms. The lowest BCUT2D eigenvalue weighted by Gasteiger charge is -2.28.